The summed E-state index contributed by atoms with van der Waals surface area (Å²) >= 11 is 18.6. The molecule has 0 radical (unpaired) electrons. The van der Waals surface area contributed by atoms with Crippen molar-refractivity contribution in [2.75, 3.05) is 4.90 Å². The van der Waals surface area contributed by atoms with E-state index in [1.165, 1.54) is 11.0 Å². The van der Waals surface area contributed by atoms with Crippen LogP contribution in [0.2, 0.25) is 15.1 Å². The molecule has 1 atom stereocenters. The van der Waals surface area contributed by atoms with E-state index in [2.05, 4.69) is 0 Å². The van der Waals surface area contributed by atoms with E-state index < -0.39 is 17.7 Å². The number of benzene rings is 3. The zero-order valence-corrected chi connectivity index (χ0v) is 17.6. The average molecular weight is 459 g/mol. The summed E-state index contributed by atoms with van der Waals surface area (Å²) in [7, 11) is 0. The van der Waals surface area contributed by atoms with Crippen molar-refractivity contribution in [3.63, 3.8) is 0 Å². The Bertz CT molecular complexity index is 1190. The highest BCUT2D eigenvalue weighted by molar-refractivity contribution is 6.52. The minimum absolute atomic E-state index is 0.0598. The van der Waals surface area contributed by atoms with Crippen molar-refractivity contribution in [1.29, 1.82) is 0 Å². The molecule has 0 saturated carbocycles. The Morgan fingerprint density at radius 1 is 0.833 bits per heavy atom. The number of carbonyl (C=O) groups is 2. The Balaban J connectivity index is 1.99. The van der Waals surface area contributed by atoms with Gasteiger partial charge in [0.2, 0.25) is 0 Å². The first-order valence-corrected chi connectivity index (χ1v) is 10.1. The molecule has 30 heavy (non-hydrogen) atoms. The Morgan fingerprint density at radius 2 is 1.53 bits per heavy atom. The number of anilines is 1. The molecule has 1 aliphatic heterocycles. The number of aliphatic hydroxyl groups is 1. The molecular weight excluding hydrogens is 445 g/mol. The molecule has 1 saturated heterocycles. The first kappa shape index (κ1) is 20.5. The first-order valence-electron chi connectivity index (χ1n) is 8.95. The van der Waals surface area contributed by atoms with E-state index in [-0.39, 0.29) is 16.4 Å². The number of Topliss-reactive ketones (excluding diaryl/α,β-unsaturated/α-hetero) is 1. The number of nitrogens with zero attached hydrogens (tertiary/aromatic N) is 1. The van der Waals surface area contributed by atoms with E-state index in [1.807, 2.05) is 0 Å². The number of ketones is 1. The van der Waals surface area contributed by atoms with Crippen LogP contribution in [0.4, 0.5) is 5.69 Å². The van der Waals surface area contributed by atoms with E-state index in [4.69, 9.17) is 34.8 Å². The number of rotatable bonds is 3. The fraction of sp³-hybridized carbons (Fsp3) is 0.0435. The average Bonchev–Trinajstić information content (AvgIpc) is 2.99. The second kappa shape index (κ2) is 8.15. The van der Waals surface area contributed by atoms with Crippen molar-refractivity contribution in [1.82, 2.24) is 0 Å². The van der Waals surface area contributed by atoms with Crippen LogP contribution in [0.25, 0.3) is 5.76 Å². The number of amides is 1. The van der Waals surface area contributed by atoms with E-state index >= 15 is 0 Å². The third kappa shape index (κ3) is 3.58. The Labute approximate surface area is 187 Å². The normalized spacial score (nSPS) is 18.1. The zero-order chi connectivity index (χ0) is 21.4. The summed E-state index contributed by atoms with van der Waals surface area (Å²) in [4.78, 5) is 27.4. The summed E-state index contributed by atoms with van der Waals surface area (Å²) in [5.74, 6) is -1.88. The Hall–Kier alpha value is -2.79. The van der Waals surface area contributed by atoms with E-state index in [0.717, 1.165) is 0 Å². The molecule has 0 spiro atoms. The molecule has 4 nitrogen and oxygen atoms in total. The number of halogens is 3. The van der Waals surface area contributed by atoms with Crippen LogP contribution in [-0.2, 0) is 9.59 Å². The summed E-state index contributed by atoms with van der Waals surface area (Å²) < 4.78 is 0. The molecule has 0 bridgehead atoms. The maximum Gasteiger partial charge on any atom is 0.300 e. The van der Waals surface area contributed by atoms with Crippen molar-refractivity contribution < 1.29 is 14.7 Å². The summed E-state index contributed by atoms with van der Waals surface area (Å²) in [5.41, 5.74) is 1.22. The Morgan fingerprint density at radius 3 is 2.20 bits per heavy atom. The SMILES string of the molecule is O=C1C(=O)N(c2cccc(Cl)c2)[C@H](c2ccc(Cl)cc2Cl)C1=C(O)c1ccccc1. The smallest absolute Gasteiger partial charge is 0.300 e. The standard InChI is InChI=1S/C23H14Cl3NO3/c24-14-7-4-8-16(11-14)27-20(17-10-9-15(25)12-18(17)26)19(22(29)23(27)30)21(28)13-5-2-1-3-6-13/h1-12,20,28H/t20-/m1/s1. The molecule has 3 aromatic rings. The summed E-state index contributed by atoms with van der Waals surface area (Å²) in [6, 6.07) is 19.0. The van der Waals surface area contributed by atoms with Gasteiger partial charge in [0.25, 0.3) is 11.7 Å². The second-order valence-corrected chi connectivity index (χ2v) is 7.96. The Kier molecular flexibility index (Phi) is 5.56. The van der Waals surface area contributed by atoms with Crippen LogP contribution in [0.15, 0.2) is 78.4 Å². The molecule has 1 aliphatic rings. The second-order valence-electron chi connectivity index (χ2n) is 6.68. The van der Waals surface area contributed by atoms with E-state index in [9.17, 15) is 14.7 Å². The van der Waals surface area contributed by atoms with Gasteiger partial charge >= 0.3 is 0 Å². The number of hydrogen-bond acceptors (Lipinski definition) is 3. The number of hydrogen-bond donors (Lipinski definition) is 1. The van der Waals surface area contributed by atoms with Crippen LogP contribution < -0.4 is 4.90 Å². The highest BCUT2D eigenvalue weighted by Crippen LogP contribution is 2.44. The highest BCUT2D eigenvalue weighted by atomic mass is 35.5. The van der Waals surface area contributed by atoms with Crippen LogP contribution in [0.1, 0.15) is 17.2 Å². The van der Waals surface area contributed by atoms with Gasteiger partial charge in [-0.15, -0.1) is 0 Å². The maximum absolute atomic E-state index is 13.0. The van der Waals surface area contributed by atoms with Crippen molar-refractivity contribution in [3.05, 3.63) is 105 Å². The van der Waals surface area contributed by atoms with E-state index in [0.29, 0.717) is 26.9 Å². The van der Waals surface area contributed by atoms with Gasteiger partial charge in [-0.2, -0.15) is 0 Å². The minimum Gasteiger partial charge on any atom is -0.507 e. The maximum atomic E-state index is 13.0. The van der Waals surface area contributed by atoms with Gasteiger partial charge in [-0.3, -0.25) is 14.5 Å². The van der Waals surface area contributed by atoms with Crippen LogP contribution in [0, 0.1) is 0 Å². The van der Waals surface area contributed by atoms with Gasteiger partial charge in [0.1, 0.15) is 5.76 Å². The predicted octanol–water partition coefficient (Wildman–Crippen LogP) is 6.27. The molecule has 0 unspecified atom stereocenters. The van der Waals surface area contributed by atoms with Gasteiger partial charge < -0.3 is 5.11 Å². The first-order chi connectivity index (χ1) is 14.4. The molecule has 4 rings (SSSR count). The molecule has 7 heteroatoms. The quantitative estimate of drug-likeness (QED) is 0.286. The van der Waals surface area contributed by atoms with Gasteiger partial charge in [-0.05, 0) is 35.9 Å². The molecule has 150 valence electrons. The largest absolute Gasteiger partial charge is 0.507 e. The third-order valence-corrected chi connectivity index (χ3v) is 5.63. The number of carbonyl (C=O) groups excluding carboxylic acids is 2. The van der Waals surface area contributed by atoms with E-state index in [1.54, 1.807) is 66.7 Å². The molecule has 3 aromatic carbocycles. The molecule has 1 heterocycles. The van der Waals surface area contributed by atoms with Crippen molar-refractivity contribution in [3.8, 4) is 0 Å². The van der Waals surface area contributed by atoms with Crippen LogP contribution in [0.3, 0.4) is 0 Å². The molecule has 1 amide bonds. The van der Waals surface area contributed by atoms with Gasteiger partial charge in [-0.25, -0.2) is 0 Å². The molecular formula is C23H14Cl3NO3. The lowest BCUT2D eigenvalue weighted by Gasteiger charge is -2.26. The van der Waals surface area contributed by atoms with Gasteiger partial charge in [0.05, 0.1) is 11.6 Å². The van der Waals surface area contributed by atoms with Crippen LogP contribution >= 0.6 is 34.8 Å². The fourth-order valence-electron chi connectivity index (χ4n) is 3.49. The van der Waals surface area contributed by atoms with Crippen molar-refractivity contribution >= 4 is 57.9 Å². The summed E-state index contributed by atoms with van der Waals surface area (Å²) in [5, 5.41) is 12.1. The van der Waals surface area contributed by atoms with Gasteiger partial charge in [0, 0.05) is 26.3 Å². The van der Waals surface area contributed by atoms with Gasteiger partial charge in [-0.1, -0.05) is 77.3 Å². The van der Waals surface area contributed by atoms with Gasteiger partial charge in [0.15, 0.2) is 0 Å². The summed E-state index contributed by atoms with van der Waals surface area (Å²) in [6.45, 7) is 0. The lowest BCUT2D eigenvalue weighted by molar-refractivity contribution is -0.132. The molecule has 0 aromatic heterocycles. The number of aliphatic hydroxyl groups excluding tert-OH is 1. The van der Waals surface area contributed by atoms with Crippen molar-refractivity contribution in [2.24, 2.45) is 0 Å². The van der Waals surface area contributed by atoms with Crippen molar-refractivity contribution in [2.45, 2.75) is 6.04 Å². The van der Waals surface area contributed by atoms with Crippen LogP contribution in [0.5, 0.6) is 0 Å². The minimum atomic E-state index is -0.951. The third-order valence-electron chi connectivity index (χ3n) is 4.84. The molecule has 0 aliphatic carbocycles. The van der Waals surface area contributed by atoms with Crippen LogP contribution in [-0.4, -0.2) is 16.8 Å². The monoisotopic (exact) mass is 457 g/mol. The lowest BCUT2D eigenvalue weighted by atomic mass is 9.95. The highest BCUT2D eigenvalue weighted by Gasteiger charge is 2.47. The lowest BCUT2D eigenvalue weighted by Crippen LogP contribution is -2.29. The molecule has 1 N–H and O–H groups in total. The fourth-order valence-corrected chi connectivity index (χ4v) is 4.19. The predicted molar refractivity (Wildman–Crippen MR) is 119 cm³/mol. The topological polar surface area (TPSA) is 57.6 Å². The summed E-state index contributed by atoms with van der Waals surface area (Å²) in [6.07, 6.45) is 0. The molecule has 1 fully saturated rings. The zero-order valence-electron chi connectivity index (χ0n) is 15.4.